The van der Waals surface area contributed by atoms with Gasteiger partial charge in [-0.05, 0) is 33.3 Å². The van der Waals surface area contributed by atoms with Gasteiger partial charge in [0.1, 0.15) is 17.5 Å². The van der Waals surface area contributed by atoms with Gasteiger partial charge >= 0.3 is 23.9 Å². The van der Waals surface area contributed by atoms with Crippen molar-refractivity contribution >= 4 is 18.1 Å². The lowest BCUT2D eigenvalue weighted by molar-refractivity contribution is -0.149. The van der Waals surface area contributed by atoms with Gasteiger partial charge in [-0.25, -0.2) is 14.4 Å². The molecule has 2 heterocycles. The SMILES string of the molecule is CCCCOC(=O)Nc1ccn([C@@H]2O[C@H](CO)[C@@H](OC(=O)OC(C)(C)C)C2(F)F)c(=O)n1. The highest BCUT2D eigenvalue weighted by Gasteiger charge is 2.62. The summed E-state index contributed by atoms with van der Waals surface area (Å²) in [7, 11) is 0. The lowest BCUT2D eigenvalue weighted by Crippen LogP contribution is -2.45. The lowest BCUT2D eigenvalue weighted by Gasteiger charge is -2.25. The maximum atomic E-state index is 15.0. The van der Waals surface area contributed by atoms with Crippen LogP contribution in [0.1, 0.15) is 46.8 Å². The summed E-state index contributed by atoms with van der Waals surface area (Å²) in [4.78, 5) is 39.4. The fourth-order valence-electron chi connectivity index (χ4n) is 2.75. The largest absolute Gasteiger partial charge is 0.509 e. The van der Waals surface area contributed by atoms with E-state index in [9.17, 15) is 19.5 Å². The van der Waals surface area contributed by atoms with Gasteiger partial charge < -0.3 is 24.1 Å². The average molecular weight is 463 g/mol. The van der Waals surface area contributed by atoms with Crippen molar-refractivity contribution in [3.8, 4) is 0 Å². The van der Waals surface area contributed by atoms with Gasteiger partial charge in [-0.15, -0.1) is 0 Å². The van der Waals surface area contributed by atoms with Crippen molar-refractivity contribution in [2.24, 2.45) is 0 Å². The van der Waals surface area contributed by atoms with E-state index in [1.54, 1.807) is 0 Å². The zero-order valence-corrected chi connectivity index (χ0v) is 18.2. The number of amides is 1. The number of halogens is 2. The summed E-state index contributed by atoms with van der Waals surface area (Å²) in [6.45, 7) is 5.72. The van der Waals surface area contributed by atoms with E-state index in [4.69, 9.17) is 18.9 Å². The van der Waals surface area contributed by atoms with E-state index in [2.05, 4.69) is 10.3 Å². The molecule has 11 nitrogen and oxygen atoms in total. The maximum absolute atomic E-state index is 15.0. The van der Waals surface area contributed by atoms with Crippen LogP contribution in [0.2, 0.25) is 0 Å². The van der Waals surface area contributed by atoms with Crippen LogP contribution >= 0.6 is 0 Å². The minimum atomic E-state index is -3.91. The molecule has 1 aromatic heterocycles. The van der Waals surface area contributed by atoms with Crippen LogP contribution in [-0.2, 0) is 18.9 Å². The molecule has 2 rings (SSSR count). The maximum Gasteiger partial charge on any atom is 0.509 e. The molecule has 0 bridgehead atoms. The highest BCUT2D eigenvalue weighted by molar-refractivity contribution is 5.83. The van der Waals surface area contributed by atoms with Crippen LogP contribution in [-0.4, -0.2) is 63.9 Å². The van der Waals surface area contributed by atoms with Gasteiger partial charge in [0.15, 0.2) is 0 Å². The van der Waals surface area contributed by atoms with Crippen LogP contribution in [0.25, 0.3) is 0 Å². The van der Waals surface area contributed by atoms with Crippen molar-refractivity contribution in [1.82, 2.24) is 9.55 Å². The van der Waals surface area contributed by atoms with Gasteiger partial charge in [-0.2, -0.15) is 13.8 Å². The topological polar surface area (TPSA) is 138 Å². The molecule has 13 heteroatoms. The molecule has 0 saturated carbocycles. The van der Waals surface area contributed by atoms with Crippen molar-refractivity contribution in [3.63, 3.8) is 0 Å². The first-order valence-electron chi connectivity index (χ1n) is 9.95. The summed E-state index contributed by atoms with van der Waals surface area (Å²) in [6.07, 6.45) is -5.91. The number of unbranched alkanes of at least 4 members (excludes halogenated alkanes) is 1. The molecule has 0 radical (unpaired) electrons. The Morgan fingerprint density at radius 3 is 2.62 bits per heavy atom. The summed E-state index contributed by atoms with van der Waals surface area (Å²) < 4.78 is 50.0. The molecule has 1 fully saturated rings. The molecule has 2 N–H and O–H groups in total. The fourth-order valence-corrected chi connectivity index (χ4v) is 2.75. The summed E-state index contributed by atoms with van der Waals surface area (Å²) in [5.41, 5.74) is -2.17. The fraction of sp³-hybridized carbons (Fsp3) is 0.684. The Morgan fingerprint density at radius 1 is 1.38 bits per heavy atom. The molecule has 1 saturated heterocycles. The van der Waals surface area contributed by atoms with E-state index in [1.807, 2.05) is 6.92 Å². The molecular formula is C19H27F2N3O8. The molecule has 0 spiro atoms. The second-order valence-electron chi connectivity index (χ2n) is 8.00. The van der Waals surface area contributed by atoms with E-state index < -0.39 is 54.5 Å². The van der Waals surface area contributed by atoms with Gasteiger partial charge in [0.25, 0.3) is 0 Å². The predicted molar refractivity (Wildman–Crippen MR) is 105 cm³/mol. The van der Waals surface area contributed by atoms with Gasteiger partial charge in [-0.3, -0.25) is 9.88 Å². The predicted octanol–water partition coefficient (Wildman–Crippen LogP) is 2.44. The number of aliphatic hydroxyl groups is 1. The Bertz CT molecular complexity index is 871. The van der Waals surface area contributed by atoms with Crippen molar-refractivity contribution in [1.29, 1.82) is 0 Å². The highest BCUT2D eigenvalue weighted by Crippen LogP contribution is 2.44. The Kier molecular flexibility index (Phi) is 8.13. The first kappa shape index (κ1) is 25.5. The number of aromatic nitrogens is 2. The van der Waals surface area contributed by atoms with Gasteiger partial charge in [-0.1, -0.05) is 13.3 Å². The van der Waals surface area contributed by atoms with Crippen LogP contribution < -0.4 is 11.0 Å². The number of hydrogen-bond donors (Lipinski definition) is 2. The number of hydrogen-bond acceptors (Lipinski definition) is 9. The number of alkyl halides is 2. The minimum absolute atomic E-state index is 0.170. The molecule has 1 amide bonds. The normalized spacial score (nSPS) is 22.3. The monoisotopic (exact) mass is 463 g/mol. The average Bonchev–Trinajstić information content (AvgIpc) is 2.91. The van der Waals surface area contributed by atoms with E-state index in [-0.39, 0.29) is 12.4 Å². The van der Waals surface area contributed by atoms with Crippen LogP contribution in [0.5, 0.6) is 0 Å². The third-order valence-corrected chi connectivity index (χ3v) is 4.19. The molecule has 1 aromatic rings. The number of carbonyl (C=O) groups is 2. The molecule has 0 aromatic carbocycles. The van der Waals surface area contributed by atoms with Crippen molar-refractivity contribution in [3.05, 3.63) is 22.7 Å². The molecule has 1 aliphatic heterocycles. The van der Waals surface area contributed by atoms with Crippen molar-refractivity contribution in [2.75, 3.05) is 18.5 Å². The summed E-state index contributed by atoms with van der Waals surface area (Å²) in [5.74, 6) is -4.13. The van der Waals surface area contributed by atoms with Gasteiger partial charge in [0.2, 0.25) is 12.3 Å². The summed E-state index contributed by atoms with van der Waals surface area (Å²) >= 11 is 0. The third-order valence-electron chi connectivity index (χ3n) is 4.19. The number of aliphatic hydroxyl groups excluding tert-OH is 1. The van der Waals surface area contributed by atoms with E-state index >= 15 is 8.78 Å². The van der Waals surface area contributed by atoms with Gasteiger partial charge in [0.05, 0.1) is 13.2 Å². The zero-order chi connectivity index (χ0) is 24.1. The quantitative estimate of drug-likeness (QED) is 0.461. The smallest absolute Gasteiger partial charge is 0.449 e. The van der Waals surface area contributed by atoms with Crippen molar-refractivity contribution in [2.45, 2.75) is 70.5 Å². The molecule has 32 heavy (non-hydrogen) atoms. The van der Waals surface area contributed by atoms with Crippen LogP contribution in [0.15, 0.2) is 17.1 Å². The Morgan fingerprint density at radius 2 is 2.06 bits per heavy atom. The number of anilines is 1. The molecule has 0 unspecified atom stereocenters. The van der Waals surface area contributed by atoms with Crippen LogP contribution in [0.4, 0.5) is 24.2 Å². The third kappa shape index (κ3) is 6.36. The number of nitrogens with zero attached hydrogens (tertiary/aromatic N) is 2. The second-order valence-corrected chi connectivity index (χ2v) is 8.00. The molecule has 0 aliphatic carbocycles. The number of nitrogens with one attached hydrogen (secondary N) is 1. The number of rotatable bonds is 7. The van der Waals surface area contributed by atoms with E-state index in [1.165, 1.54) is 20.8 Å². The summed E-state index contributed by atoms with van der Waals surface area (Å²) in [5, 5.41) is 11.6. The van der Waals surface area contributed by atoms with Crippen LogP contribution in [0, 0.1) is 0 Å². The minimum Gasteiger partial charge on any atom is -0.449 e. The standard InChI is InChI=1S/C19H27F2N3O8/c1-5-6-9-29-16(27)23-12-7-8-24(15(26)22-12)14-19(20,21)13(11(10-25)30-14)31-17(28)32-18(2,3)4/h7-8,11,13-14,25H,5-6,9-10H2,1-4H3,(H,22,23,26,27)/t11-,13-,14-/m1/s1. The first-order chi connectivity index (χ1) is 14.9. The number of carbonyl (C=O) groups excluding carboxylic acids is 2. The number of ether oxygens (including phenoxy) is 4. The summed E-state index contributed by atoms with van der Waals surface area (Å²) in [6, 6.07) is 1.10. The zero-order valence-electron chi connectivity index (χ0n) is 18.2. The Labute approximate surface area is 182 Å². The van der Waals surface area contributed by atoms with E-state index in [0.29, 0.717) is 11.0 Å². The van der Waals surface area contributed by atoms with Crippen LogP contribution in [0.3, 0.4) is 0 Å². The molecule has 1 aliphatic rings. The molecular weight excluding hydrogens is 436 g/mol. The van der Waals surface area contributed by atoms with E-state index in [0.717, 1.165) is 18.7 Å². The first-order valence-corrected chi connectivity index (χ1v) is 9.95. The lowest BCUT2D eigenvalue weighted by atomic mass is 10.1. The Hall–Kier alpha value is -2.80. The van der Waals surface area contributed by atoms with Crippen molar-refractivity contribution < 1.29 is 42.4 Å². The van der Waals surface area contributed by atoms with Gasteiger partial charge in [0, 0.05) is 6.20 Å². The highest BCUT2D eigenvalue weighted by atomic mass is 19.3. The molecule has 3 atom stereocenters. The molecule has 180 valence electrons. The second kappa shape index (κ2) is 10.2. The Balaban J connectivity index is 2.17.